The fraction of sp³-hybridized carbons (Fsp3) is 0.643. The number of hydrogen-bond acceptors (Lipinski definition) is 3. The lowest BCUT2D eigenvalue weighted by Crippen LogP contribution is -2.29. The van der Waals surface area contributed by atoms with E-state index in [-0.39, 0.29) is 0 Å². The maximum absolute atomic E-state index is 4.65. The first-order valence-electron chi connectivity index (χ1n) is 6.88. The lowest BCUT2D eigenvalue weighted by atomic mass is 10.2. The van der Waals surface area contributed by atoms with Crippen LogP contribution < -0.4 is 10.2 Å². The van der Waals surface area contributed by atoms with Crippen LogP contribution >= 0.6 is 15.9 Å². The van der Waals surface area contributed by atoms with E-state index >= 15 is 0 Å². The molecule has 1 unspecified atom stereocenters. The zero-order chi connectivity index (χ0) is 12.5. The minimum absolute atomic E-state index is 0.623. The average Bonchev–Trinajstić information content (AvgIpc) is 3.09. The summed E-state index contributed by atoms with van der Waals surface area (Å²) in [4.78, 5) is 7.10. The molecule has 0 bridgehead atoms. The number of hydrogen-bond donors (Lipinski definition) is 1. The second-order valence-electron chi connectivity index (χ2n) is 5.48. The molecular formula is C14H20BrN3. The first-order chi connectivity index (χ1) is 8.74. The van der Waals surface area contributed by atoms with E-state index in [1.54, 1.807) is 0 Å². The van der Waals surface area contributed by atoms with Crippen LogP contribution in [-0.4, -0.2) is 23.6 Å². The van der Waals surface area contributed by atoms with E-state index in [9.17, 15) is 0 Å². The molecule has 1 N–H and O–H groups in total. The Kier molecular flexibility index (Phi) is 3.57. The third-order valence-corrected chi connectivity index (χ3v) is 4.33. The molecule has 0 amide bonds. The maximum Gasteiger partial charge on any atom is 0.133 e. The lowest BCUT2D eigenvalue weighted by Gasteiger charge is -2.25. The first kappa shape index (κ1) is 12.4. The molecule has 1 aliphatic carbocycles. The summed E-state index contributed by atoms with van der Waals surface area (Å²) in [5.74, 6) is 1.18. The summed E-state index contributed by atoms with van der Waals surface area (Å²) in [5.41, 5.74) is 1.32. The molecular weight excluding hydrogens is 290 g/mol. The number of nitrogens with zero attached hydrogens (tertiary/aromatic N) is 2. The van der Waals surface area contributed by atoms with E-state index < -0.39 is 0 Å². The highest BCUT2D eigenvalue weighted by Gasteiger charge is 2.25. The van der Waals surface area contributed by atoms with Crippen molar-refractivity contribution in [2.45, 2.75) is 51.2 Å². The molecule has 1 aromatic rings. The van der Waals surface area contributed by atoms with Gasteiger partial charge in [-0.1, -0.05) is 0 Å². The summed E-state index contributed by atoms with van der Waals surface area (Å²) in [6.07, 6.45) is 7.15. The lowest BCUT2D eigenvalue weighted by molar-refractivity contribution is 0.673. The van der Waals surface area contributed by atoms with Gasteiger partial charge in [0.2, 0.25) is 0 Å². The minimum atomic E-state index is 0.623. The van der Waals surface area contributed by atoms with Gasteiger partial charge in [-0.05, 0) is 54.6 Å². The predicted octanol–water partition coefficient (Wildman–Crippen LogP) is 3.08. The van der Waals surface area contributed by atoms with Crippen molar-refractivity contribution in [3.05, 3.63) is 22.3 Å². The summed E-state index contributed by atoms with van der Waals surface area (Å²) in [6, 6.07) is 3.58. The fourth-order valence-electron chi connectivity index (χ4n) is 2.65. The van der Waals surface area contributed by atoms with E-state index in [2.05, 4.69) is 44.1 Å². The van der Waals surface area contributed by atoms with Gasteiger partial charge in [0.15, 0.2) is 0 Å². The molecule has 3 nitrogen and oxygen atoms in total. The number of pyridine rings is 1. The van der Waals surface area contributed by atoms with E-state index in [1.165, 1.54) is 37.1 Å². The Hall–Kier alpha value is -0.610. The maximum atomic E-state index is 4.65. The van der Waals surface area contributed by atoms with Crippen LogP contribution in [0.1, 0.15) is 38.2 Å². The van der Waals surface area contributed by atoms with Gasteiger partial charge in [0.1, 0.15) is 5.82 Å². The molecule has 2 fully saturated rings. The Morgan fingerprint density at radius 2 is 2.28 bits per heavy atom. The highest BCUT2D eigenvalue weighted by atomic mass is 79.9. The SMILES string of the molecule is CC1CCCN1c1ncc(Br)cc1CNC1CC1. The van der Waals surface area contributed by atoms with Gasteiger partial charge < -0.3 is 10.2 Å². The van der Waals surface area contributed by atoms with E-state index in [0.717, 1.165) is 23.6 Å². The molecule has 0 aromatic carbocycles. The molecule has 1 saturated carbocycles. The third kappa shape index (κ3) is 2.69. The predicted molar refractivity (Wildman–Crippen MR) is 77.8 cm³/mol. The summed E-state index contributed by atoms with van der Waals surface area (Å²) in [7, 11) is 0. The number of rotatable bonds is 4. The van der Waals surface area contributed by atoms with Crippen molar-refractivity contribution >= 4 is 21.7 Å². The zero-order valence-electron chi connectivity index (χ0n) is 10.8. The number of nitrogens with one attached hydrogen (secondary N) is 1. The third-order valence-electron chi connectivity index (χ3n) is 3.89. The van der Waals surface area contributed by atoms with E-state index in [0.29, 0.717) is 6.04 Å². The van der Waals surface area contributed by atoms with Crippen molar-refractivity contribution < 1.29 is 0 Å². The fourth-order valence-corrected chi connectivity index (χ4v) is 3.03. The van der Waals surface area contributed by atoms with Gasteiger partial charge in [-0.2, -0.15) is 0 Å². The molecule has 1 saturated heterocycles. The van der Waals surface area contributed by atoms with Gasteiger partial charge in [0.05, 0.1) is 0 Å². The molecule has 1 aliphatic heterocycles. The summed E-state index contributed by atoms with van der Waals surface area (Å²) in [6.45, 7) is 4.39. The Balaban J connectivity index is 1.81. The van der Waals surface area contributed by atoms with Crippen molar-refractivity contribution in [3.63, 3.8) is 0 Å². The molecule has 2 heterocycles. The minimum Gasteiger partial charge on any atom is -0.354 e. The van der Waals surface area contributed by atoms with Crippen molar-refractivity contribution in [2.75, 3.05) is 11.4 Å². The van der Waals surface area contributed by atoms with E-state index in [1.807, 2.05) is 6.20 Å². The second kappa shape index (κ2) is 5.17. The van der Waals surface area contributed by atoms with Gasteiger partial charge in [-0.3, -0.25) is 0 Å². The van der Waals surface area contributed by atoms with Crippen LogP contribution in [0.25, 0.3) is 0 Å². The number of aromatic nitrogens is 1. The number of halogens is 1. The normalized spacial score (nSPS) is 23.7. The van der Waals surface area contributed by atoms with Gasteiger partial charge in [-0.15, -0.1) is 0 Å². The van der Waals surface area contributed by atoms with Crippen LogP contribution in [-0.2, 0) is 6.54 Å². The van der Waals surface area contributed by atoms with Crippen LogP contribution in [0.5, 0.6) is 0 Å². The molecule has 0 spiro atoms. The first-order valence-corrected chi connectivity index (χ1v) is 7.68. The Morgan fingerprint density at radius 1 is 1.44 bits per heavy atom. The molecule has 1 aromatic heterocycles. The largest absolute Gasteiger partial charge is 0.354 e. The van der Waals surface area contributed by atoms with Crippen LogP contribution in [0, 0.1) is 0 Å². The van der Waals surface area contributed by atoms with Crippen molar-refractivity contribution in [1.29, 1.82) is 0 Å². The summed E-state index contributed by atoms with van der Waals surface area (Å²) in [5, 5.41) is 3.59. The van der Waals surface area contributed by atoms with Gasteiger partial charge in [-0.25, -0.2) is 4.98 Å². The molecule has 2 aliphatic rings. The zero-order valence-corrected chi connectivity index (χ0v) is 12.4. The number of anilines is 1. The Bertz CT molecular complexity index is 431. The van der Waals surface area contributed by atoms with Gasteiger partial charge in [0, 0.05) is 41.4 Å². The van der Waals surface area contributed by atoms with E-state index in [4.69, 9.17) is 0 Å². The van der Waals surface area contributed by atoms with Crippen molar-refractivity contribution in [3.8, 4) is 0 Å². The van der Waals surface area contributed by atoms with Crippen LogP contribution in [0.2, 0.25) is 0 Å². The summed E-state index contributed by atoms with van der Waals surface area (Å²) >= 11 is 3.53. The van der Waals surface area contributed by atoms with Crippen LogP contribution in [0.15, 0.2) is 16.7 Å². The molecule has 4 heteroatoms. The van der Waals surface area contributed by atoms with Gasteiger partial charge in [0.25, 0.3) is 0 Å². The molecule has 1 atom stereocenters. The van der Waals surface area contributed by atoms with Crippen LogP contribution in [0.3, 0.4) is 0 Å². The molecule has 18 heavy (non-hydrogen) atoms. The average molecular weight is 310 g/mol. The Labute approximate surface area is 117 Å². The second-order valence-corrected chi connectivity index (χ2v) is 6.39. The molecule has 3 rings (SSSR count). The highest BCUT2D eigenvalue weighted by Crippen LogP contribution is 2.29. The molecule has 98 valence electrons. The Morgan fingerprint density at radius 3 is 2.94 bits per heavy atom. The van der Waals surface area contributed by atoms with Crippen molar-refractivity contribution in [2.24, 2.45) is 0 Å². The van der Waals surface area contributed by atoms with Crippen LogP contribution in [0.4, 0.5) is 5.82 Å². The topological polar surface area (TPSA) is 28.2 Å². The van der Waals surface area contributed by atoms with Crippen molar-refractivity contribution in [1.82, 2.24) is 10.3 Å². The molecule has 0 radical (unpaired) electrons. The highest BCUT2D eigenvalue weighted by molar-refractivity contribution is 9.10. The smallest absolute Gasteiger partial charge is 0.133 e. The standard InChI is InChI=1S/C14H20BrN3/c1-10-3-2-6-18(10)14-11(7-12(15)9-17-14)8-16-13-4-5-13/h7,9-10,13,16H,2-6,8H2,1H3. The van der Waals surface area contributed by atoms with Gasteiger partial charge >= 0.3 is 0 Å². The summed E-state index contributed by atoms with van der Waals surface area (Å²) < 4.78 is 1.07. The monoisotopic (exact) mass is 309 g/mol. The quantitative estimate of drug-likeness (QED) is 0.926.